The van der Waals surface area contributed by atoms with Gasteiger partial charge in [0.05, 0.1) is 0 Å². The van der Waals surface area contributed by atoms with Gasteiger partial charge in [0, 0.05) is 0 Å². The Morgan fingerprint density at radius 2 is 2.25 bits per heavy atom. The number of nitrogens with zero attached hydrogens (tertiary/aromatic N) is 1. The largest absolute Gasteiger partial charge is 2.00 e. The summed E-state index contributed by atoms with van der Waals surface area (Å²) < 4.78 is 0. The molecule has 0 aromatic heterocycles. The van der Waals surface area contributed by atoms with Crippen molar-refractivity contribution in [1.82, 2.24) is 5.43 Å². The number of primary amides is 1. The third-order valence-electron chi connectivity index (χ3n) is 0.201. The summed E-state index contributed by atoms with van der Waals surface area (Å²) in [4.78, 5) is 18.7. The summed E-state index contributed by atoms with van der Waals surface area (Å²) in [6, 6.07) is -1.16. The second kappa shape index (κ2) is 5.07. The topological polar surface area (TPSA) is 98.3 Å². The fraction of sp³-hybridized carbons (Fsp3) is 0. The molecule has 0 saturated carbocycles. The number of carbonyl (C=O) groups excluding carboxylic acids is 1. The summed E-state index contributed by atoms with van der Waals surface area (Å²) in [5.74, 6) is 0. The van der Waals surface area contributed by atoms with Gasteiger partial charge in [-0.3, -0.25) is 0 Å². The van der Waals surface area contributed by atoms with Crippen LogP contribution in [0.25, 0.3) is 0 Å². The smallest absolute Gasteiger partial charge is 1.00 e. The molecular formula is CH5CaN3O3. The summed E-state index contributed by atoms with van der Waals surface area (Å²) in [5, 5.41) is 8.18. The van der Waals surface area contributed by atoms with Gasteiger partial charge in [0.15, 0.2) is 5.03 Å². The minimum atomic E-state index is -1.16. The molecule has 0 aromatic rings. The van der Waals surface area contributed by atoms with Gasteiger partial charge in [-0.2, -0.15) is 0 Å². The van der Waals surface area contributed by atoms with Gasteiger partial charge < -0.3 is 8.59 Å². The van der Waals surface area contributed by atoms with Crippen molar-refractivity contribution in [3.8, 4) is 0 Å². The van der Waals surface area contributed by atoms with E-state index in [4.69, 9.17) is 0 Å². The number of amides is 2. The van der Waals surface area contributed by atoms with Crippen LogP contribution in [-0.2, 0) is 0 Å². The number of carbonyl (C=O) groups is 1. The van der Waals surface area contributed by atoms with Crippen LogP contribution < -0.4 is 11.2 Å². The zero-order valence-electron chi connectivity index (χ0n) is 5.96. The molecule has 0 aliphatic carbocycles. The molecule has 0 bridgehead atoms. The fourth-order valence-corrected chi connectivity index (χ4v) is 0.0900. The summed E-state index contributed by atoms with van der Waals surface area (Å²) in [6.07, 6.45) is 0. The molecule has 0 fully saturated rings. The van der Waals surface area contributed by atoms with E-state index in [-0.39, 0.29) is 40.6 Å². The normalized spacial score (nSPS) is 6.50. The van der Waals surface area contributed by atoms with Gasteiger partial charge >= 0.3 is 43.8 Å². The summed E-state index contributed by atoms with van der Waals surface area (Å²) >= 11 is 0. The standard InChI is InChI=1S/CH3N3O3.Ca.2H/c2-1(5)3-4(6)7;;;/h(H3,2,3,5);;;/q;+2;2*-1. The Hall–Kier alpha value is -0.0703. The second-order valence-electron chi connectivity index (χ2n) is 0.733. The van der Waals surface area contributed by atoms with Crippen LogP contribution in [0.3, 0.4) is 0 Å². The molecule has 6 nitrogen and oxygen atoms in total. The number of nitro groups is 1. The van der Waals surface area contributed by atoms with Crippen LogP contribution in [0.15, 0.2) is 0 Å². The molecule has 44 valence electrons. The van der Waals surface area contributed by atoms with Crippen LogP contribution in [0.4, 0.5) is 4.79 Å². The van der Waals surface area contributed by atoms with E-state index >= 15 is 0 Å². The number of hydrogen-bond acceptors (Lipinski definition) is 3. The molecule has 2 amide bonds. The molecule has 7 heteroatoms. The molecule has 0 heterocycles. The molecule has 0 unspecified atom stereocenters. The number of nitrogens with two attached hydrogens (primary N) is 1. The molecule has 0 aromatic carbocycles. The number of hydrazine groups is 1. The van der Waals surface area contributed by atoms with Crippen molar-refractivity contribution in [3.63, 3.8) is 0 Å². The van der Waals surface area contributed by atoms with Crippen molar-refractivity contribution in [2.45, 2.75) is 0 Å². The maximum atomic E-state index is 9.48. The Balaban J connectivity index is -0.0000000600. The predicted octanol–water partition coefficient (Wildman–Crippen LogP) is -1.31. The third kappa shape index (κ3) is 9.33. The van der Waals surface area contributed by atoms with Crippen LogP contribution in [0.5, 0.6) is 0 Å². The van der Waals surface area contributed by atoms with Crippen LogP contribution in [0, 0.1) is 10.1 Å². The van der Waals surface area contributed by atoms with Gasteiger partial charge in [-0.15, -0.1) is 0 Å². The molecule has 3 N–H and O–H groups in total. The van der Waals surface area contributed by atoms with Crippen molar-refractivity contribution < 1.29 is 12.7 Å². The number of rotatable bonds is 1. The monoisotopic (exact) mass is 147 g/mol. The van der Waals surface area contributed by atoms with E-state index < -0.39 is 11.1 Å². The molecule has 0 aliphatic rings. The molecule has 0 saturated heterocycles. The maximum Gasteiger partial charge on any atom is 2.00 e. The molecule has 0 atom stereocenters. The summed E-state index contributed by atoms with van der Waals surface area (Å²) in [7, 11) is 0. The quantitative estimate of drug-likeness (QED) is 0.273. The summed E-state index contributed by atoms with van der Waals surface area (Å²) in [5.41, 5.74) is 5.47. The van der Waals surface area contributed by atoms with Crippen LogP contribution >= 0.6 is 0 Å². The zero-order chi connectivity index (χ0) is 5.86. The average molecular weight is 147 g/mol. The SMILES string of the molecule is NC(=O)N[N+](=O)[O-].[Ca+2].[H-].[H-]. The summed E-state index contributed by atoms with van der Waals surface area (Å²) in [6.45, 7) is 0. The number of hydrogen-bond donors (Lipinski definition) is 2. The van der Waals surface area contributed by atoms with E-state index in [0.717, 1.165) is 0 Å². The van der Waals surface area contributed by atoms with E-state index in [1.807, 2.05) is 0 Å². The van der Waals surface area contributed by atoms with Crippen molar-refractivity contribution >= 4 is 43.8 Å². The minimum absolute atomic E-state index is 0. The Bertz CT molecular complexity index is 97.9. The zero-order valence-corrected chi connectivity index (χ0v) is 6.16. The van der Waals surface area contributed by atoms with Crippen molar-refractivity contribution in [2.75, 3.05) is 0 Å². The van der Waals surface area contributed by atoms with Gasteiger partial charge in [0.2, 0.25) is 0 Å². The van der Waals surface area contributed by atoms with E-state index in [2.05, 4.69) is 5.73 Å². The first-order valence-electron chi connectivity index (χ1n) is 1.33. The Labute approximate surface area is 77.5 Å². The van der Waals surface area contributed by atoms with Gasteiger partial charge in [-0.1, -0.05) is 5.43 Å². The Kier molecular flexibility index (Phi) is 6.87. The van der Waals surface area contributed by atoms with Crippen molar-refractivity contribution in [2.24, 2.45) is 5.73 Å². The number of urea groups is 1. The predicted molar refractivity (Wildman–Crippen MR) is 27.7 cm³/mol. The molecule has 0 radical (unpaired) electrons. The molecular weight excluding hydrogens is 142 g/mol. The first-order valence-corrected chi connectivity index (χ1v) is 1.33. The first kappa shape index (κ1) is 10.8. The van der Waals surface area contributed by atoms with Gasteiger partial charge in [-0.25, -0.2) is 14.9 Å². The molecule has 0 spiro atoms. The first-order chi connectivity index (χ1) is 3.13. The Morgan fingerprint density at radius 1 is 1.88 bits per heavy atom. The van der Waals surface area contributed by atoms with Crippen molar-refractivity contribution in [3.05, 3.63) is 10.1 Å². The van der Waals surface area contributed by atoms with Gasteiger partial charge in [0.25, 0.3) is 0 Å². The second-order valence-corrected chi connectivity index (χ2v) is 0.733. The van der Waals surface area contributed by atoms with Crippen LogP contribution in [0.2, 0.25) is 0 Å². The average Bonchev–Trinajstić information content (AvgIpc) is 1.27. The third-order valence-corrected chi connectivity index (χ3v) is 0.201. The molecule has 0 aliphatic heterocycles. The van der Waals surface area contributed by atoms with Gasteiger partial charge in [0.1, 0.15) is 0 Å². The number of nitrogens with one attached hydrogen (secondary N) is 1. The molecule has 8 heavy (non-hydrogen) atoms. The minimum Gasteiger partial charge on any atom is -1.00 e. The van der Waals surface area contributed by atoms with E-state index in [1.54, 1.807) is 0 Å². The van der Waals surface area contributed by atoms with Crippen LogP contribution in [-0.4, -0.2) is 48.8 Å². The van der Waals surface area contributed by atoms with Crippen molar-refractivity contribution in [1.29, 1.82) is 0 Å². The van der Waals surface area contributed by atoms with E-state index in [1.165, 1.54) is 5.43 Å². The molecule has 0 rings (SSSR count). The van der Waals surface area contributed by atoms with E-state index in [0.29, 0.717) is 0 Å². The van der Waals surface area contributed by atoms with Crippen LogP contribution in [0.1, 0.15) is 2.85 Å². The fourth-order valence-electron chi connectivity index (χ4n) is 0.0900. The Morgan fingerprint density at radius 3 is 2.25 bits per heavy atom. The maximum absolute atomic E-state index is 9.48. The van der Waals surface area contributed by atoms with E-state index in [9.17, 15) is 14.9 Å². The van der Waals surface area contributed by atoms with Gasteiger partial charge in [-0.05, 0) is 0 Å².